The summed E-state index contributed by atoms with van der Waals surface area (Å²) in [7, 11) is 0. The van der Waals surface area contributed by atoms with E-state index in [0.29, 0.717) is 21.6 Å². The van der Waals surface area contributed by atoms with Crippen LogP contribution >= 0.6 is 34.0 Å². The van der Waals surface area contributed by atoms with E-state index in [4.69, 9.17) is 4.42 Å². The number of amides is 3. The Balaban J connectivity index is 1.40. The van der Waals surface area contributed by atoms with E-state index in [1.54, 1.807) is 18.2 Å². The van der Waals surface area contributed by atoms with E-state index >= 15 is 0 Å². The number of aromatic nitrogens is 1. The molecule has 0 saturated carbocycles. The Labute approximate surface area is 195 Å². The molecule has 0 unspecified atom stereocenters. The van der Waals surface area contributed by atoms with Crippen LogP contribution in [0, 0.1) is 6.92 Å². The zero-order valence-corrected chi connectivity index (χ0v) is 19.5. The first kappa shape index (κ1) is 21.9. The standard InChI is InChI=1S/C21H18N4O4S3/c1-11-8-17(24-19(27)15-4-3-7-29-15)32-18(11)20(28)25-21-23-14(10-30-21)16-6-5-13(31-16)9-22-12(2)26/h3-8,10H,9H2,1-2H3,(H,22,26)(H,24,27)(H,23,25,28). The molecule has 3 N–H and O–H groups in total. The van der Waals surface area contributed by atoms with Gasteiger partial charge in [0.25, 0.3) is 11.8 Å². The van der Waals surface area contributed by atoms with Gasteiger partial charge < -0.3 is 15.1 Å². The average Bonchev–Trinajstić information content (AvgIpc) is 3.53. The van der Waals surface area contributed by atoms with Crippen LogP contribution in [0.1, 0.15) is 37.6 Å². The Bertz CT molecular complexity index is 1270. The highest BCUT2D eigenvalue weighted by atomic mass is 32.1. The number of thiophene rings is 2. The molecule has 164 valence electrons. The van der Waals surface area contributed by atoms with Crippen molar-refractivity contribution < 1.29 is 18.8 Å². The lowest BCUT2D eigenvalue weighted by atomic mass is 10.3. The molecule has 32 heavy (non-hydrogen) atoms. The summed E-state index contributed by atoms with van der Waals surface area (Å²) in [5.74, 6) is -0.539. The van der Waals surface area contributed by atoms with Crippen LogP contribution in [-0.2, 0) is 11.3 Å². The van der Waals surface area contributed by atoms with Gasteiger partial charge in [-0.2, -0.15) is 0 Å². The minimum Gasteiger partial charge on any atom is -0.459 e. The van der Waals surface area contributed by atoms with Crippen LogP contribution in [0.3, 0.4) is 0 Å². The lowest BCUT2D eigenvalue weighted by Gasteiger charge is -2.00. The Morgan fingerprint density at radius 3 is 2.69 bits per heavy atom. The van der Waals surface area contributed by atoms with Crippen LogP contribution in [0.25, 0.3) is 10.6 Å². The lowest BCUT2D eigenvalue weighted by molar-refractivity contribution is -0.119. The minimum absolute atomic E-state index is 0.0776. The highest BCUT2D eigenvalue weighted by Gasteiger charge is 2.18. The molecule has 0 fully saturated rings. The highest BCUT2D eigenvalue weighted by Crippen LogP contribution is 2.32. The predicted molar refractivity (Wildman–Crippen MR) is 127 cm³/mol. The largest absolute Gasteiger partial charge is 0.459 e. The molecule has 0 aliphatic heterocycles. The molecule has 4 aromatic heterocycles. The van der Waals surface area contributed by atoms with Crippen LogP contribution < -0.4 is 16.0 Å². The van der Waals surface area contributed by atoms with Gasteiger partial charge in [-0.15, -0.1) is 34.0 Å². The molecule has 0 spiro atoms. The van der Waals surface area contributed by atoms with Gasteiger partial charge >= 0.3 is 0 Å². The third-order valence-corrected chi connectivity index (χ3v) is 7.27. The summed E-state index contributed by atoms with van der Waals surface area (Å²) in [4.78, 5) is 42.9. The van der Waals surface area contributed by atoms with Crippen LogP contribution in [-0.4, -0.2) is 22.7 Å². The molecular formula is C21H18N4O4S3. The fourth-order valence-corrected chi connectivity index (χ4v) is 5.42. The third-order valence-electron chi connectivity index (χ3n) is 4.26. The second kappa shape index (κ2) is 9.47. The lowest BCUT2D eigenvalue weighted by Crippen LogP contribution is -2.17. The maximum atomic E-state index is 12.8. The molecule has 0 aliphatic carbocycles. The van der Waals surface area contributed by atoms with Gasteiger partial charge in [0.05, 0.1) is 33.3 Å². The number of carbonyl (C=O) groups excluding carboxylic acids is 3. The Hall–Kier alpha value is -3.28. The van der Waals surface area contributed by atoms with Crippen LogP contribution in [0.15, 0.2) is 46.4 Å². The van der Waals surface area contributed by atoms with Crippen molar-refractivity contribution in [1.82, 2.24) is 10.3 Å². The second-order valence-electron chi connectivity index (χ2n) is 6.72. The van der Waals surface area contributed by atoms with Crippen LogP contribution in [0.2, 0.25) is 0 Å². The summed E-state index contributed by atoms with van der Waals surface area (Å²) in [6, 6.07) is 8.84. The number of nitrogens with zero attached hydrogens (tertiary/aromatic N) is 1. The zero-order chi connectivity index (χ0) is 22.7. The minimum atomic E-state index is -0.374. The Kier molecular flexibility index (Phi) is 6.49. The van der Waals surface area contributed by atoms with Crippen molar-refractivity contribution in [3.8, 4) is 10.6 Å². The number of anilines is 2. The summed E-state index contributed by atoms with van der Waals surface area (Å²) in [5, 5.41) is 11.2. The highest BCUT2D eigenvalue weighted by molar-refractivity contribution is 7.19. The average molecular weight is 487 g/mol. The SMILES string of the molecule is CC(=O)NCc1ccc(-c2csc(NC(=O)c3sc(NC(=O)c4ccco4)cc3C)n2)s1. The van der Waals surface area contributed by atoms with E-state index in [1.807, 2.05) is 24.4 Å². The summed E-state index contributed by atoms with van der Waals surface area (Å²) in [5.41, 5.74) is 1.51. The molecule has 0 aliphatic rings. The molecule has 0 saturated heterocycles. The van der Waals surface area contributed by atoms with Crippen molar-refractivity contribution in [1.29, 1.82) is 0 Å². The molecule has 0 bridgehead atoms. The number of carbonyl (C=O) groups is 3. The van der Waals surface area contributed by atoms with Crippen molar-refractivity contribution in [3.63, 3.8) is 0 Å². The summed E-state index contributed by atoms with van der Waals surface area (Å²) in [6.45, 7) is 3.77. The summed E-state index contributed by atoms with van der Waals surface area (Å²) >= 11 is 4.06. The van der Waals surface area contributed by atoms with Gasteiger partial charge in [-0.05, 0) is 42.8 Å². The number of aryl methyl sites for hydroxylation is 1. The number of rotatable bonds is 7. The topological polar surface area (TPSA) is 113 Å². The Morgan fingerprint density at radius 1 is 1.09 bits per heavy atom. The summed E-state index contributed by atoms with van der Waals surface area (Å²) in [6.07, 6.45) is 1.43. The molecule has 0 atom stereocenters. The predicted octanol–water partition coefficient (Wildman–Crippen LogP) is 4.98. The first-order valence-electron chi connectivity index (χ1n) is 9.44. The molecule has 0 aromatic carbocycles. The first-order valence-corrected chi connectivity index (χ1v) is 12.0. The van der Waals surface area contributed by atoms with Gasteiger partial charge in [-0.25, -0.2) is 4.98 Å². The molecule has 8 nitrogen and oxygen atoms in total. The van der Waals surface area contributed by atoms with E-state index in [9.17, 15) is 14.4 Å². The van der Waals surface area contributed by atoms with Crippen molar-refractivity contribution >= 4 is 61.9 Å². The van der Waals surface area contributed by atoms with Gasteiger partial charge in [0, 0.05) is 17.2 Å². The summed E-state index contributed by atoms with van der Waals surface area (Å²) < 4.78 is 5.08. The molecule has 4 rings (SSSR count). The Morgan fingerprint density at radius 2 is 1.94 bits per heavy atom. The number of furan rings is 1. The van der Waals surface area contributed by atoms with Gasteiger partial charge in [0.2, 0.25) is 5.91 Å². The first-order chi connectivity index (χ1) is 15.4. The van der Waals surface area contributed by atoms with Crippen molar-refractivity contribution in [3.05, 3.63) is 63.1 Å². The van der Waals surface area contributed by atoms with Gasteiger partial charge in [0.1, 0.15) is 0 Å². The normalized spacial score (nSPS) is 10.7. The number of hydrogen-bond donors (Lipinski definition) is 3. The quantitative estimate of drug-likeness (QED) is 0.341. The maximum absolute atomic E-state index is 12.8. The number of thiazole rings is 1. The van der Waals surface area contributed by atoms with E-state index < -0.39 is 0 Å². The molecular weight excluding hydrogens is 468 g/mol. The molecule has 3 amide bonds. The molecule has 4 heterocycles. The van der Waals surface area contributed by atoms with Crippen LogP contribution in [0.5, 0.6) is 0 Å². The molecule has 0 radical (unpaired) electrons. The number of hydrogen-bond acceptors (Lipinski definition) is 8. The van der Waals surface area contributed by atoms with Gasteiger partial charge in [0.15, 0.2) is 10.9 Å². The van der Waals surface area contributed by atoms with E-state index in [1.165, 1.54) is 47.2 Å². The van der Waals surface area contributed by atoms with Gasteiger partial charge in [-0.1, -0.05) is 0 Å². The second-order valence-corrected chi connectivity index (χ2v) is 9.80. The fourth-order valence-electron chi connectivity index (χ4n) is 2.77. The zero-order valence-electron chi connectivity index (χ0n) is 17.1. The third kappa shape index (κ3) is 5.13. The van der Waals surface area contributed by atoms with Crippen molar-refractivity contribution in [2.24, 2.45) is 0 Å². The van der Waals surface area contributed by atoms with E-state index in [0.717, 1.165) is 21.0 Å². The number of nitrogens with one attached hydrogen (secondary N) is 3. The smallest absolute Gasteiger partial charge is 0.291 e. The van der Waals surface area contributed by atoms with Crippen molar-refractivity contribution in [2.45, 2.75) is 20.4 Å². The van der Waals surface area contributed by atoms with Crippen LogP contribution in [0.4, 0.5) is 10.1 Å². The maximum Gasteiger partial charge on any atom is 0.291 e. The monoisotopic (exact) mass is 486 g/mol. The van der Waals surface area contributed by atoms with Crippen molar-refractivity contribution in [2.75, 3.05) is 10.6 Å². The van der Waals surface area contributed by atoms with Gasteiger partial charge in [-0.3, -0.25) is 19.7 Å². The fraction of sp³-hybridized carbons (Fsp3) is 0.143. The van der Waals surface area contributed by atoms with E-state index in [2.05, 4.69) is 20.9 Å². The van der Waals surface area contributed by atoms with E-state index in [-0.39, 0.29) is 23.5 Å². The molecule has 11 heteroatoms. The molecule has 4 aromatic rings.